The minimum atomic E-state index is 0.402. The van der Waals surface area contributed by atoms with Crippen LogP contribution in [0.5, 0.6) is 0 Å². The summed E-state index contributed by atoms with van der Waals surface area (Å²) in [6.07, 6.45) is 19.5. The average Bonchev–Trinajstić information content (AvgIpc) is 3.08. The lowest BCUT2D eigenvalue weighted by Crippen LogP contribution is -2.27. The van der Waals surface area contributed by atoms with Gasteiger partial charge in [0.25, 0.3) is 0 Å². The molecule has 1 rings (SSSR count). The summed E-state index contributed by atoms with van der Waals surface area (Å²) in [7, 11) is 0. The molecule has 1 unspecified atom stereocenters. The zero-order valence-electron chi connectivity index (χ0n) is 16.0. The van der Waals surface area contributed by atoms with Crippen LogP contribution in [0.1, 0.15) is 110 Å². The number of rotatable bonds is 14. The van der Waals surface area contributed by atoms with Gasteiger partial charge in [-0.05, 0) is 25.2 Å². The molecule has 1 atom stereocenters. The maximum atomic E-state index is 11.9. The van der Waals surface area contributed by atoms with E-state index in [4.69, 9.17) is 0 Å². The van der Waals surface area contributed by atoms with Crippen molar-refractivity contribution in [1.29, 1.82) is 0 Å². The van der Waals surface area contributed by atoms with Gasteiger partial charge in [0.05, 0.1) is 0 Å². The first-order valence-electron chi connectivity index (χ1n) is 10.5. The van der Waals surface area contributed by atoms with Crippen LogP contribution in [0.25, 0.3) is 0 Å². The second-order valence-corrected chi connectivity index (χ2v) is 7.70. The van der Waals surface area contributed by atoms with Crippen molar-refractivity contribution >= 4 is 5.91 Å². The molecule has 1 aliphatic rings. The third-order valence-electron chi connectivity index (χ3n) is 5.35. The highest BCUT2D eigenvalue weighted by atomic mass is 16.2. The van der Waals surface area contributed by atoms with Crippen LogP contribution in [0.15, 0.2) is 0 Å². The van der Waals surface area contributed by atoms with Crippen LogP contribution in [-0.2, 0) is 4.79 Å². The van der Waals surface area contributed by atoms with Gasteiger partial charge in [0.2, 0.25) is 5.91 Å². The minimum absolute atomic E-state index is 0.402. The Bertz CT molecular complexity index is 284. The van der Waals surface area contributed by atoms with E-state index < -0.39 is 0 Å². The Morgan fingerprint density at radius 3 is 1.96 bits per heavy atom. The number of carbonyl (C=O) groups excluding carboxylic acids is 1. The zero-order valence-corrected chi connectivity index (χ0v) is 16.0. The molecule has 2 heteroatoms. The van der Waals surface area contributed by atoms with E-state index in [2.05, 4.69) is 18.7 Å². The van der Waals surface area contributed by atoms with Gasteiger partial charge in [0, 0.05) is 19.5 Å². The zero-order chi connectivity index (χ0) is 16.8. The maximum absolute atomic E-state index is 11.9. The summed E-state index contributed by atoms with van der Waals surface area (Å²) >= 11 is 0. The summed E-state index contributed by atoms with van der Waals surface area (Å²) in [5.41, 5.74) is 0. The van der Waals surface area contributed by atoms with E-state index in [9.17, 15) is 4.79 Å². The standard InChI is InChI=1S/C21H41NO/c1-3-4-5-10-15-20(2)16-11-8-6-7-9-12-17-21(23)22-18-13-14-19-22/h20H,3-19H2,1-2H3. The number of amides is 1. The van der Waals surface area contributed by atoms with Gasteiger partial charge in [-0.2, -0.15) is 0 Å². The van der Waals surface area contributed by atoms with Gasteiger partial charge >= 0.3 is 0 Å². The van der Waals surface area contributed by atoms with Crippen molar-refractivity contribution in [3.05, 3.63) is 0 Å². The quantitative estimate of drug-likeness (QED) is 0.342. The summed E-state index contributed by atoms with van der Waals surface area (Å²) in [6, 6.07) is 0. The Morgan fingerprint density at radius 2 is 1.35 bits per heavy atom. The first kappa shape index (κ1) is 20.5. The number of likely N-dealkylation sites (tertiary alicyclic amines) is 1. The Labute approximate surface area is 145 Å². The van der Waals surface area contributed by atoms with Crippen LogP contribution >= 0.6 is 0 Å². The average molecular weight is 324 g/mol. The maximum Gasteiger partial charge on any atom is 0.222 e. The largest absolute Gasteiger partial charge is 0.343 e. The molecule has 0 aromatic carbocycles. The molecule has 1 fully saturated rings. The van der Waals surface area contributed by atoms with Crippen LogP contribution in [-0.4, -0.2) is 23.9 Å². The van der Waals surface area contributed by atoms with Crippen molar-refractivity contribution in [3.63, 3.8) is 0 Å². The lowest BCUT2D eigenvalue weighted by atomic mass is 9.96. The highest BCUT2D eigenvalue weighted by Crippen LogP contribution is 2.18. The highest BCUT2D eigenvalue weighted by Gasteiger charge is 2.16. The number of unbranched alkanes of at least 4 members (excludes halogenated alkanes) is 8. The van der Waals surface area contributed by atoms with Crippen LogP contribution in [0.3, 0.4) is 0 Å². The fourth-order valence-corrected chi connectivity index (χ4v) is 3.66. The molecule has 0 saturated carbocycles. The lowest BCUT2D eigenvalue weighted by molar-refractivity contribution is -0.130. The minimum Gasteiger partial charge on any atom is -0.343 e. The van der Waals surface area contributed by atoms with E-state index >= 15 is 0 Å². The van der Waals surface area contributed by atoms with E-state index in [1.54, 1.807) is 0 Å². The van der Waals surface area contributed by atoms with E-state index in [0.717, 1.165) is 31.8 Å². The van der Waals surface area contributed by atoms with Gasteiger partial charge < -0.3 is 4.90 Å². The molecular weight excluding hydrogens is 282 g/mol. The smallest absolute Gasteiger partial charge is 0.222 e. The van der Waals surface area contributed by atoms with Crippen molar-refractivity contribution in [2.24, 2.45) is 5.92 Å². The van der Waals surface area contributed by atoms with Gasteiger partial charge in [-0.1, -0.05) is 84.5 Å². The molecule has 0 N–H and O–H groups in total. The molecular formula is C21H41NO. The molecule has 1 aliphatic heterocycles. The number of hydrogen-bond acceptors (Lipinski definition) is 1. The number of nitrogens with zero attached hydrogens (tertiary/aromatic N) is 1. The summed E-state index contributed by atoms with van der Waals surface area (Å²) in [5.74, 6) is 1.32. The molecule has 0 bridgehead atoms. The van der Waals surface area contributed by atoms with E-state index in [1.165, 1.54) is 83.5 Å². The molecule has 0 aliphatic carbocycles. The third-order valence-corrected chi connectivity index (χ3v) is 5.35. The van der Waals surface area contributed by atoms with E-state index in [0.29, 0.717) is 5.91 Å². The molecule has 0 aromatic rings. The highest BCUT2D eigenvalue weighted by molar-refractivity contribution is 5.76. The van der Waals surface area contributed by atoms with E-state index in [1.807, 2.05) is 0 Å². The number of carbonyl (C=O) groups is 1. The van der Waals surface area contributed by atoms with Gasteiger partial charge in [-0.25, -0.2) is 0 Å². The summed E-state index contributed by atoms with van der Waals surface area (Å²) < 4.78 is 0. The van der Waals surface area contributed by atoms with Crippen LogP contribution < -0.4 is 0 Å². The van der Waals surface area contributed by atoms with Gasteiger partial charge in [-0.15, -0.1) is 0 Å². The molecule has 2 nitrogen and oxygen atoms in total. The molecule has 1 saturated heterocycles. The van der Waals surface area contributed by atoms with Crippen LogP contribution in [0.2, 0.25) is 0 Å². The van der Waals surface area contributed by atoms with Crippen molar-refractivity contribution in [2.45, 2.75) is 110 Å². The molecule has 1 amide bonds. The Kier molecular flexibility index (Phi) is 12.4. The Morgan fingerprint density at radius 1 is 0.826 bits per heavy atom. The molecule has 0 aromatic heterocycles. The molecule has 136 valence electrons. The summed E-state index contributed by atoms with van der Waals surface area (Å²) in [5, 5.41) is 0. The van der Waals surface area contributed by atoms with Crippen LogP contribution in [0.4, 0.5) is 0 Å². The Hall–Kier alpha value is -0.530. The third kappa shape index (κ3) is 10.8. The van der Waals surface area contributed by atoms with Crippen LogP contribution in [0, 0.1) is 5.92 Å². The van der Waals surface area contributed by atoms with Gasteiger partial charge in [0.15, 0.2) is 0 Å². The Balaban J connectivity index is 1.81. The first-order valence-corrected chi connectivity index (χ1v) is 10.5. The van der Waals surface area contributed by atoms with Crippen molar-refractivity contribution in [1.82, 2.24) is 4.90 Å². The SMILES string of the molecule is CCCCCCC(C)CCCCCCCCC(=O)N1CCCC1. The fraction of sp³-hybridized carbons (Fsp3) is 0.952. The topological polar surface area (TPSA) is 20.3 Å². The monoisotopic (exact) mass is 323 g/mol. The summed E-state index contributed by atoms with van der Waals surface area (Å²) in [4.78, 5) is 14.0. The predicted octanol–water partition coefficient (Wildman–Crippen LogP) is 6.34. The lowest BCUT2D eigenvalue weighted by Gasteiger charge is -2.14. The molecule has 0 radical (unpaired) electrons. The second kappa shape index (κ2) is 13.9. The predicted molar refractivity (Wildman–Crippen MR) is 101 cm³/mol. The summed E-state index contributed by atoms with van der Waals surface area (Å²) in [6.45, 7) is 6.73. The second-order valence-electron chi connectivity index (χ2n) is 7.70. The van der Waals surface area contributed by atoms with Crippen molar-refractivity contribution < 1.29 is 4.79 Å². The van der Waals surface area contributed by atoms with E-state index in [-0.39, 0.29) is 0 Å². The molecule has 1 heterocycles. The van der Waals surface area contributed by atoms with Gasteiger partial charge in [0.1, 0.15) is 0 Å². The van der Waals surface area contributed by atoms with Crippen molar-refractivity contribution in [2.75, 3.05) is 13.1 Å². The normalized spacial score (nSPS) is 16.0. The van der Waals surface area contributed by atoms with Gasteiger partial charge in [-0.3, -0.25) is 4.79 Å². The number of hydrogen-bond donors (Lipinski definition) is 0. The molecule has 23 heavy (non-hydrogen) atoms. The first-order chi connectivity index (χ1) is 11.2. The van der Waals surface area contributed by atoms with Crippen molar-refractivity contribution in [3.8, 4) is 0 Å². The fourth-order valence-electron chi connectivity index (χ4n) is 3.66. The molecule has 0 spiro atoms.